The predicted molar refractivity (Wildman–Crippen MR) is 89.5 cm³/mol. The number of hydrogen-bond donors (Lipinski definition) is 2. The first kappa shape index (κ1) is 16.5. The monoisotopic (exact) mass is 312 g/mol. The molecule has 0 fully saturated rings. The highest BCUT2D eigenvalue weighted by Crippen LogP contribution is 2.13. The van der Waals surface area contributed by atoms with Gasteiger partial charge in [0.1, 0.15) is 5.75 Å². The largest absolute Gasteiger partial charge is 0.497 e. The lowest BCUT2D eigenvalue weighted by Crippen LogP contribution is -2.23. The second kappa shape index (κ2) is 7.98. The van der Waals surface area contributed by atoms with E-state index in [1.807, 2.05) is 24.3 Å². The van der Waals surface area contributed by atoms with Crippen LogP contribution in [0.4, 0.5) is 5.69 Å². The number of carbonyl (C=O) groups is 2. The number of amides is 2. The number of nitrogens with one attached hydrogen (secondary N) is 2. The van der Waals surface area contributed by atoms with Crippen LogP contribution < -0.4 is 15.4 Å². The summed E-state index contributed by atoms with van der Waals surface area (Å²) in [6, 6.07) is 14.4. The van der Waals surface area contributed by atoms with Gasteiger partial charge in [-0.3, -0.25) is 9.59 Å². The molecule has 5 heteroatoms. The third kappa shape index (κ3) is 4.85. The van der Waals surface area contributed by atoms with E-state index < -0.39 is 0 Å². The molecule has 0 spiro atoms. The molecule has 23 heavy (non-hydrogen) atoms. The average Bonchev–Trinajstić information content (AvgIpc) is 2.60. The van der Waals surface area contributed by atoms with Crippen LogP contribution in [0.3, 0.4) is 0 Å². The zero-order chi connectivity index (χ0) is 16.7. The molecule has 2 rings (SSSR count). The number of ether oxygens (including phenoxy) is 1. The van der Waals surface area contributed by atoms with Crippen molar-refractivity contribution < 1.29 is 14.3 Å². The van der Waals surface area contributed by atoms with Gasteiger partial charge in [0.15, 0.2) is 0 Å². The van der Waals surface area contributed by atoms with E-state index in [-0.39, 0.29) is 11.8 Å². The van der Waals surface area contributed by atoms with Gasteiger partial charge in [-0.05, 0) is 35.9 Å². The molecule has 0 saturated heterocycles. The number of hydrogen-bond acceptors (Lipinski definition) is 3. The maximum Gasteiger partial charge on any atom is 0.251 e. The maximum atomic E-state index is 12.2. The van der Waals surface area contributed by atoms with E-state index >= 15 is 0 Å². The molecule has 0 heterocycles. The summed E-state index contributed by atoms with van der Waals surface area (Å²) in [6.45, 7) is 2.20. The van der Waals surface area contributed by atoms with Crippen LogP contribution in [-0.4, -0.2) is 18.9 Å². The highest BCUT2D eigenvalue weighted by molar-refractivity contribution is 5.97. The van der Waals surface area contributed by atoms with E-state index in [2.05, 4.69) is 10.6 Å². The van der Waals surface area contributed by atoms with Gasteiger partial charge in [-0.15, -0.1) is 0 Å². The molecule has 0 radical (unpaired) electrons. The molecule has 0 unspecified atom stereocenters. The highest BCUT2D eigenvalue weighted by atomic mass is 16.5. The first-order valence-corrected chi connectivity index (χ1v) is 7.43. The van der Waals surface area contributed by atoms with E-state index in [9.17, 15) is 9.59 Å². The fourth-order valence-electron chi connectivity index (χ4n) is 2.02. The van der Waals surface area contributed by atoms with Gasteiger partial charge in [-0.2, -0.15) is 0 Å². The number of benzene rings is 2. The van der Waals surface area contributed by atoms with Crippen molar-refractivity contribution in [2.24, 2.45) is 0 Å². The van der Waals surface area contributed by atoms with Crippen LogP contribution in [0.2, 0.25) is 0 Å². The van der Waals surface area contributed by atoms with E-state index in [0.29, 0.717) is 24.2 Å². The molecule has 0 aliphatic rings. The topological polar surface area (TPSA) is 67.4 Å². The average molecular weight is 312 g/mol. The minimum absolute atomic E-state index is 0.0826. The lowest BCUT2D eigenvalue weighted by atomic mass is 10.1. The fourth-order valence-corrected chi connectivity index (χ4v) is 2.02. The third-order valence-electron chi connectivity index (χ3n) is 3.34. The van der Waals surface area contributed by atoms with Crippen LogP contribution in [-0.2, 0) is 11.3 Å². The molecule has 0 aliphatic carbocycles. The molecule has 0 aromatic heterocycles. The summed E-state index contributed by atoms with van der Waals surface area (Å²) >= 11 is 0. The van der Waals surface area contributed by atoms with Crippen molar-refractivity contribution in [2.45, 2.75) is 19.9 Å². The van der Waals surface area contributed by atoms with Crippen molar-refractivity contribution in [3.63, 3.8) is 0 Å². The molecule has 5 nitrogen and oxygen atoms in total. The normalized spacial score (nSPS) is 10.0. The van der Waals surface area contributed by atoms with Crippen molar-refractivity contribution in [3.05, 3.63) is 59.7 Å². The van der Waals surface area contributed by atoms with E-state index in [4.69, 9.17) is 4.74 Å². The Kier molecular flexibility index (Phi) is 5.74. The van der Waals surface area contributed by atoms with Crippen molar-refractivity contribution in [2.75, 3.05) is 12.4 Å². The fraction of sp³-hybridized carbons (Fsp3) is 0.222. The second-order valence-electron chi connectivity index (χ2n) is 5.01. The minimum Gasteiger partial charge on any atom is -0.497 e. The van der Waals surface area contributed by atoms with Crippen LogP contribution in [0, 0.1) is 0 Å². The summed E-state index contributed by atoms with van der Waals surface area (Å²) in [5.74, 6) is 0.508. The molecule has 120 valence electrons. The van der Waals surface area contributed by atoms with Gasteiger partial charge in [0.2, 0.25) is 5.91 Å². The van der Waals surface area contributed by atoms with E-state index in [0.717, 1.165) is 11.3 Å². The Morgan fingerprint density at radius 1 is 1.09 bits per heavy atom. The lowest BCUT2D eigenvalue weighted by Gasteiger charge is -2.08. The van der Waals surface area contributed by atoms with Gasteiger partial charge in [0, 0.05) is 24.2 Å². The van der Waals surface area contributed by atoms with Gasteiger partial charge in [-0.25, -0.2) is 0 Å². The Labute approximate surface area is 135 Å². The Bertz CT molecular complexity index is 681. The number of methoxy groups -OCH3 is 1. The second-order valence-corrected chi connectivity index (χ2v) is 5.01. The predicted octanol–water partition coefficient (Wildman–Crippen LogP) is 2.97. The number of rotatable bonds is 6. The van der Waals surface area contributed by atoms with Crippen molar-refractivity contribution in [3.8, 4) is 5.75 Å². The summed E-state index contributed by atoms with van der Waals surface area (Å²) < 4.78 is 5.10. The van der Waals surface area contributed by atoms with Crippen molar-refractivity contribution >= 4 is 17.5 Å². The summed E-state index contributed by atoms with van der Waals surface area (Å²) in [6.07, 6.45) is 0.397. The van der Waals surface area contributed by atoms with Crippen LogP contribution in [0.15, 0.2) is 48.5 Å². The summed E-state index contributed by atoms with van der Waals surface area (Å²) in [4.78, 5) is 23.6. The van der Waals surface area contributed by atoms with Crippen molar-refractivity contribution in [1.82, 2.24) is 5.32 Å². The van der Waals surface area contributed by atoms with Crippen LogP contribution in [0.1, 0.15) is 29.3 Å². The first-order chi connectivity index (χ1) is 11.1. The molecule has 0 aliphatic heterocycles. The molecule has 2 aromatic rings. The Balaban J connectivity index is 1.97. The number of anilines is 1. The van der Waals surface area contributed by atoms with Gasteiger partial charge in [0.05, 0.1) is 7.11 Å². The van der Waals surface area contributed by atoms with Gasteiger partial charge in [-0.1, -0.05) is 25.1 Å². The smallest absolute Gasteiger partial charge is 0.251 e. The molecule has 2 N–H and O–H groups in total. The van der Waals surface area contributed by atoms with Crippen LogP contribution >= 0.6 is 0 Å². The molecule has 0 saturated carbocycles. The van der Waals surface area contributed by atoms with E-state index in [1.54, 1.807) is 38.3 Å². The Hall–Kier alpha value is -2.82. The quantitative estimate of drug-likeness (QED) is 0.861. The highest BCUT2D eigenvalue weighted by Gasteiger charge is 2.07. The van der Waals surface area contributed by atoms with E-state index in [1.165, 1.54) is 0 Å². The van der Waals surface area contributed by atoms with Gasteiger partial charge >= 0.3 is 0 Å². The minimum atomic E-state index is -0.187. The zero-order valence-corrected chi connectivity index (χ0v) is 13.3. The van der Waals surface area contributed by atoms with Crippen molar-refractivity contribution in [1.29, 1.82) is 0 Å². The molecule has 0 bridgehead atoms. The molecular formula is C18H20N2O3. The molecule has 2 amide bonds. The summed E-state index contributed by atoms with van der Waals surface area (Å²) in [5.41, 5.74) is 2.11. The molecular weight excluding hydrogens is 292 g/mol. The Morgan fingerprint density at radius 3 is 2.48 bits per heavy atom. The standard InChI is InChI=1S/C18H20N2O3/c1-3-17(21)20-15-6-4-5-14(11-15)18(22)19-12-13-7-9-16(23-2)10-8-13/h4-11H,3,12H2,1-2H3,(H,19,22)(H,20,21). The Morgan fingerprint density at radius 2 is 1.83 bits per heavy atom. The zero-order valence-electron chi connectivity index (χ0n) is 13.3. The maximum absolute atomic E-state index is 12.2. The van der Waals surface area contributed by atoms with Gasteiger partial charge < -0.3 is 15.4 Å². The molecule has 0 atom stereocenters. The number of carbonyl (C=O) groups excluding carboxylic acids is 2. The van der Waals surface area contributed by atoms with Crippen LogP contribution in [0.25, 0.3) is 0 Å². The molecule has 2 aromatic carbocycles. The third-order valence-corrected chi connectivity index (χ3v) is 3.34. The van der Waals surface area contributed by atoms with Crippen LogP contribution in [0.5, 0.6) is 5.75 Å². The van der Waals surface area contributed by atoms with Gasteiger partial charge in [0.25, 0.3) is 5.91 Å². The first-order valence-electron chi connectivity index (χ1n) is 7.43. The summed E-state index contributed by atoms with van der Waals surface area (Å²) in [5, 5.41) is 5.60. The summed E-state index contributed by atoms with van der Waals surface area (Å²) in [7, 11) is 1.61. The SMILES string of the molecule is CCC(=O)Nc1cccc(C(=O)NCc2ccc(OC)cc2)c1. The lowest BCUT2D eigenvalue weighted by molar-refractivity contribution is -0.115.